The second-order valence-corrected chi connectivity index (χ2v) is 6.60. The lowest BCUT2D eigenvalue weighted by Gasteiger charge is -2.31. The maximum atomic E-state index is 12.3. The summed E-state index contributed by atoms with van der Waals surface area (Å²) in [5, 5.41) is 3.10. The number of aryl methyl sites for hydroxylation is 2. The Balaban J connectivity index is 1.95. The van der Waals surface area contributed by atoms with E-state index in [-0.39, 0.29) is 5.91 Å². The molecular weight excluding hydrogens is 248 g/mol. The lowest BCUT2D eigenvalue weighted by molar-refractivity contribution is -0.904. The molecule has 2 N–H and O–H groups in total. The average Bonchev–Trinajstić information content (AvgIpc) is 2.32. The number of carbonyl (C=O) groups is 1. The van der Waals surface area contributed by atoms with Gasteiger partial charge in [0.2, 0.25) is 0 Å². The van der Waals surface area contributed by atoms with Crippen LogP contribution in [0.1, 0.15) is 31.4 Å². The van der Waals surface area contributed by atoms with Gasteiger partial charge in [-0.15, -0.1) is 0 Å². The summed E-state index contributed by atoms with van der Waals surface area (Å²) in [5.74, 6) is 1.59. The zero-order chi connectivity index (χ0) is 14.7. The molecule has 0 spiro atoms. The second-order valence-electron chi connectivity index (χ2n) is 6.60. The van der Waals surface area contributed by atoms with Crippen LogP contribution in [0.5, 0.6) is 0 Å². The number of para-hydroxylation sites is 1. The standard InChI is InChI=1S/C17H26N2O/c1-12-8-13(2)10-19(9-12)11-16(20)18-17-14(3)6-5-7-15(17)4/h5-7,12-13H,8-11H2,1-4H3,(H,18,20)/p+1/t12-,13+. The molecule has 110 valence electrons. The molecule has 1 aromatic rings. The molecule has 0 bridgehead atoms. The van der Waals surface area contributed by atoms with Crippen molar-refractivity contribution in [2.24, 2.45) is 11.8 Å². The van der Waals surface area contributed by atoms with Gasteiger partial charge in [0, 0.05) is 17.5 Å². The van der Waals surface area contributed by atoms with E-state index in [9.17, 15) is 4.79 Å². The van der Waals surface area contributed by atoms with E-state index in [1.165, 1.54) is 11.3 Å². The first-order chi connectivity index (χ1) is 9.45. The first kappa shape index (κ1) is 15.0. The van der Waals surface area contributed by atoms with Crippen molar-refractivity contribution in [3.8, 4) is 0 Å². The number of quaternary nitrogens is 1. The normalized spacial score (nSPS) is 26.3. The van der Waals surface area contributed by atoms with Gasteiger partial charge in [0.05, 0.1) is 13.1 Å². The van der Waals surface area contributed by atoms with Crippen LogP contribution in [0.3, 0.4) is 0 Å². The van der Waals surface area contributed by atoms with E-state index in [1.54, 1.807) is 0 Å². The molecule has 1 amide bonds. The zero-order valence-electron chi connectivity index (χ0n) is 13.1. The van der Waals surface area contributed by atoms with Gasteiger partial charge in [-0.1, -0.05) is 32.0 Å². The van der Waals surface area contributed by atoms with Crippen LogP contribution in [0.2, 0.25) is 0 Å². The first-order valence-electron chi connectivity index (χ1n) is 7.65. The van der Waals surface area contributed by atoms with E-state index < -0.39 is 0 Å². The fourth-order valence-corrected chi connectivity index (χ4v) is 3.49. The van der Waals surface area contributed by atoms with E-state index >= 15 is 0 Å². The molecule has 3 heteroatoms. The topological polar surface area (TPSA) is 33.5 Å². The van der Waals surface area contributed by atoms with Gasteiger partial charge in [-0.05, 0) is 31.4 Å². The van der Waals surface area contributed by atoms with Crippen molar-refractivity contribution in [2.45, 2.75) is 34.1 Å². The summed E-state index contributed by atoms with van der Waals surface area (Å²) in [5.41, 5.74) is 3.25. The Kier molecular flexibility index (Phi) is 4.81. The van der Waals surface area contributed by atoms with Crippen LogP contribution < -0.4 is 10.2 Å². The molecule has 1 aliphatic heterocycles. The lowest BCUT2D eigenvalue weighted by atomic mass is 9.92. The average molecular weight is 275 g/mol. The first-order valence-corrected chi connectivity index (χ1v) is 7.65. The number of likely N-dealkylation sites (tertiary alicyclic amines) is 1. The number of nitrogens with one attached hydrogen (secondary N) is 2. The molecule has 1 fully saturated rings. The minimum Gasteiger partial charge on any atom is -0.327 e. The summed E-state index contributed by atoms with van der Waals surface area (Å²) < 4.78 is 0. The lowest BCUT2D eigenvalue weighted by Crippen LogP contribution is -3.15. The van der Waals surface area contributed by atoms with Gasteiger partial charge in [0.1, 0.15) is 0 Å². The molecule has 0 aliphatic carbocycles. The van der Waals surface area contributed by atoms with Crippen molar-refractivity contribution >= 4 is 11.6 Å². The molecule has 20 heavy (non-hydrogen) atoms. The highest BCUT2D eigenvalue weighted by molar-refractivity contribution is 5.93. The van der Waals surface area contributed by atoms with Crippen LogP contribution >= 0.6 is 0 Å². The van der Waals surface area contributed by atoms with Gasteiger partial charge in [-0.3, -0.25) is 4.79 Å². The number of anilines is 1. The Hall–Kier alpha value is -1.35. The predicted octanol–water partition coefficient (Wildman–Crippen LogP) is 1.80. The van der Waals surface area contributed by atoms with Crippen LogP contribution in [0.25, 0.3) is 0 Å². The van der Waals surface area contributed by atoms with Crippen molar-refractivity contribution in [2.75, 3.05) is 25.0 Å². The summed E-state index contributed by atoms with van der Waals surface area (Å²) in [7, 11) is 0. The number of piperidine rings is 1. The van der Waals surface area contributed by atoms with Gasteiger partial charge >= 0.3 is 0 Å². The van der Waals surface area contributed by atoms with Crippen molar-refractivity contribution in [3.05, 3.63) is 29.3 Å². The summed E-state index contributed by atoms with van der Waals surface area (Å²) in [6, 6.07) is 6.11. The van der Waals surface area contributed by atoms with Crippen molar-refractivity contribution in [1.82, 2.24) is 0 Å². The monoisotopic (exact) mass is 275 g/mol. The molecule has 3 atom stereocenters. The molecule has 0 radical (unpaired) electrons. The van der Waals surface area contributed by atoms with E-state index in [4.69, 9.17) is 0 Å². The highest BCUT2D eigenvalue weighted by Gasteiger charge is 2.26. The Morgan fingerprint density at radius 2 is 1.75 bits per heavy atom. The third kappa shape index (κ3) is 3.83. The van der Waals surface area contributed by atoms with Crippen molar-refractivity contribution < 1.29 is 9.69 Å². The number of amides is 1. The molecule has 2 rings (SSSR count). The minimum absolute atomic E-state index is 0.138. The SMILES string of the molecule is Cc1cccc(C)c1NC(=O)C[NH+]1C[C@H](C)C[C@H](C)C1. The molecule has 1 unspecified atom stereocenters. The number of hydrogen-bond acceptors (Lipinski definition) is 1. The van der Waals surface area contributed by atoms with E-state index in [1.807, 2.05) is 32.0 Å². The smallest absolute Gasteiger partial charge is 0.279 e. The van der Waals surface area contributed by atoms with Gasteiger partial charge in [0.25, 0.3) is 5.91 Å². The Bertz CT molecular complexity index is 454. The van der Waals surface area contributed by atoms with E-state index in [0.29, 0.717) is 6.54 Å². The molecule has 1 aromatic carbocycles. The van der Waals surface area contributed by atoms with Crippen molar-refractivity contribution in [3.63, 3.8) is 0 Å². The molecular formula is C17H27N2O+. The van der Waals surface area contributed by atoms with Gasteiger partial charge < -0.3 is 10.2 Å². The number of hydrogen-bond donors (Lipinski definition) is 2. The van der Waals surface area contributed by atoms with Gasteiger partial charge in [0.15, 0.2) is 6.54 Å². The second kappa shape index (κ2) is 6.40. The van der Waals surface area contributed by atoms with Gasteiger partial charge in [-0.2, -0.15) is 0 Å². The molecule has 1 saturated heterocycles. The molecule has 0 saturated carbocycles. The van der Waals surface area contributed by atoms with Crippen molar-refractivity contribution in [1.29, 1.82) is 0 Å². The highest BCUT2D eigenvalue weighted by atomic mass is 16.2. The summed E-state index contributed by atoms with van der Waals surface area (Å²) in [6.45, 7) is 11.5. The maximum absolute atomic E-state index is 12.3. The van der Waals surface area contributed by atoms with Crippen LogP contribution in [-0.2, 0) is 4.79 Å². The maximum Gasteiger partial charge on any atom is 0.279 e. The van der Waals surface area contributed by atoms with Crippen LogP contribution in [0.15, 0.2) is 18.2 Å². The molecule has 0 aromatic heterocycles. The fraction of sp³-hybridized carbons (Fsp3) is 0.588. The molecule has 3 nitrogen and oxygen atoms in total. The molecule has 1 heterocycles. The summed E-state index contributed by atoms with van der Waals surface area (Å²) in [6.07, 6.45) is 1.29. The quantitative estimate of drug-likeness (QED) is 0.866. The number of carbonyl (C=O) groups excluding carboxylic acids is 1. The van der Waals surface area contributed by atoms with E-state index in [0.717, 1.165) is 41.7 Å². The van der Waals surface area contributed by atoms with Crippen LogP contribution in [-0.4, -0.2) is 25.5 Å². The largest absolute Gasteiger partial charge is 0.327 e. The van der Waals surface area contributed by atoms with Gasteiger partial charge in [-0.25, -0.2) is 0 Å². The number of rotatable bonds is 3. The highest BCUT2D eigenvalue weighted by Crippen LogP contribution is 2.19. The fourth-order valence-electron chi connectivity index (χ4n) is 3.49. The molecule has 1 aliphatic rings. The zero-order valence-corrected chi connectivity index (χ0v) is 13.1. The Labute approximate surface area is 122 Å². The minimum atomic E-state index is 0.138. The van der Waals surface area contributed by atoms with E-state index in [2.05, 4.69) is 19.2 Å². The van der Waals surface area contributed by atoms with Crippen LogP contribution in [0.4, 0.5) is 5.69 Å². The summed E-state index contributed by atoms with van der Waals surface area (Å²) in [4.78, 5) is 13.7. The van der Waals surface area contributed by atoms with Crippen LogP contribution in [0, 0.1) is 25.7 Å². The predicted molar refractivity (Wildman–Crippen MR) is 83.1 cm³/mol. The Morgan fingerprint density at radius 1 is 1.20 bits per heavy atom. The summed E-state index contributed by atoms with van der Waals surface area (Å²) >= 11 is 0. The third-order valence-corrected chi connectivity index (χ3v) is 4.24. The Morgan fingerprint density at radius 3 is 2.30 bits per heavy atom. The number of benzene rings is 1. The third-order valence-electron chi connectivity index (χ3n) is 4.24.